The number of phenols is 1. The number of nitrogens with two attached hydrogens (primary N) is 1. The van der Waals surface area contributed by atoms with Gasteiger partial charge in [-0.3, -0.25) is 28.9 Å². The van der Waals surface area contributed by atoms with Crippen LogP contribution in [0.1, 0.15) is 22.3 Å². The maximum Gasteiger partial charge on any atom is 0.235 e. The Kier molecular flexibility index (Phi) is 7.10. The van der Waals surface area contributed by atoms with E-state index in [0.717, 1.165) is 0 Å². The highest BCUT2D eigenvalue weighted by Crippen LogP contribution is 2.52. The van der Waals surface area contributed by atoms with Crippen molar-refractivity contribution in [1.82, 2.24) is 4.90 Å². The van der Waals surface area contributed by atoms with E-state index in [0.29, 0.717) is 33.9 Å². The molecule has 4 N–H and O–H groups in total. The Balaban J connectivity index is 1.67. The molecule has 222 valence electrons. The summed E-state index contributed by atoms with van der Waals surface area (Å²) in [5.74, 6) is -9.92. The second kappa shape index (κ2) is 10.2. The van der Waals surface area contributed by atoms with Crippen LogP contribution in [0.5, 0.6) is 23.0 Å². The number of likely N-dealkylation sites (N-methyl/N-ethyl adjacent to an activating group) is 1. The zero-order valence-corrected chi connectivity index (χ0v) is 23.8. The number of nitrogens with zero attached hydrogens (tertiary/aromatic N) is 1. The highest BCUT2D eigenvalue weighted by molar-refractivity contribution is 6.32. The van der Waals surface area contributed by atoms with Gasteiger partial charge in [0, 0.05) is 5.92 Å². The monoisotopic (exact) mass is 580 g/mol. The molecule has 2 saturated carbocycles. The van der Waals surface area contributed by atoms with Crippen molar-refractivity contribution >= 4 is 29.0 Å². The van der Waals surface area contributed by atoms with Gasteiger partial charge < -0.3 is 30.2 Å². The zero-order chi connectivity index (χ0) is 30.8. The summed E-state index contributed by atoms with van der Waals surface area (Å²) in [7, 11) is 7.47. The summed E-state index contributed by atoms with van der Waals surface area (Å²) in [6.07, 6.45) is 0.0699. The first-order chi connectivity index (χ1) is 19.8. The molecular formula is C30H32N2O10. The van der Waals surface area contributed by atoms with E-state index >= 15 is 0 Å². The molecule has 0 aliphatic heterocycles. The normalized spacial score (nSPS) is 28.6. The summed E-state index contributed by atoms with van der Waals surface area (Å²) in [5.41, 5.74) is 4.09. The maximum atomic E-state index is 14.0. The molecule has 3 aliphatic carbocycles. The number of aromatic hydroxyl groups is 1. The summed E-state index contributed by atoms with van der Waals surface area (Å²) < 4.78 is 16.4. The number of ketones is 4. The topological polar surface area (TPSA) is 183 Å². The Hall–Kier alpha value is -4.29. The van der Waals surface area contributed by atoms with E-state index in [4.69, 9.17) is 19.9 Å². The Morgan fingerprint density at radius 3 is 2.14 bits per heavy atom. The van der Waals surface area contributed by atoms with Crippen LogP contribution in [0.25, 0.3) is 11.1 Å². The van der Waals surface area contributed by atoms with Gasteiger partial charge in [0.15, 0.2) is 46.2 Å². The predicted molar refractivity (Wildman–Crippen MR) is 146 cm³/mol. The Morgan fingerprint density at radius 2 is 1.62 bits per heavy atom. The molecule has 0 heterocycles. The molecule has 42 heavy (non-hydrogen) atoms. The third-order valence-corrected chi connectivity index (χ3v) is 8.92. The number of fused-ring (bicyclic) bond motifs is 3. The number of carbonyl (C=O) groups is 5. The third kappa shape index (κ3) is 3.92. The lowest BCUT2D eigenvalue weighted by Gasteiger charge is -2.52. The van der Waals surface area contributed by atoms with Crippen LogP contribution in [0.4, 0.5) is 0 Å². The van der Waals surface area contributed by atoms with E-state index in [1.165, 1.54) is 46.4 Å². The van der Waals surface area contributed by atoms with Crippen LogP contribution in [0, 0.1) is 23.7 Å². The Bertz CT molecular complexity index is 1520. The summed E-state index contributed by atoms with van der Waals surface area (Å²) in [4.78, 5) is 68.3. The summed E-state index contributed by atoms with van der Waals surface area (Å²) in [6, 6.07) is 5.18. The van der Waals surface area contributed by atoms with E-state index in [1.54, 1.807) is 18.2 Å². The van der Waals surface area contributed by atoms with Gasteiger partial charge in [0.25, 0.3) is 0 Å². The molecule has 0 bridgehead atoms. The van der Waals surface area contributed by atoms with E-state index in [1.807, 2.05) is 0 Å². The lowest BCUT2D eigenvalue weighted by atomic mass is 9.52. The number of benzene rings is 2. The quantitative estimate of drug-likeness (QED) is 0.406. The molecule has 12 heteroatoms. The lowest BCUT2D eigenvalue weighted by Crippen LogP contribution is -2.74. The average molecular weight is 581 g/mol. The minimum atomic E-state index is -2.78. The van der Waals surface area contributed by atoms with E-state index < -0.39 is 64.4 Å². The van der Waals surface area contributed by atoms with Crippen molar-refractivity contribution in [2.75, 3.05) is 35.4 Å². The fraction of sp³-hybridized carbons (Fsp3) is 0.433. The Morgan fingerprint density at radius 1 is 1.00 bits per heavy atom. The number of methoxy groups -OCH3 is 3. The van der Waals surface area contributed by atoms with Crippen molar-refractivity contribution in [3.8, 4) is 34.1 Å². The molecule has 3 aliphatic rings. The number of primary amides is 1. The predicted octanol–water partition coefficient (Wildman–Crippen LogP) is 0.560. The first-order valence-corrected chi connectivity index (χ1v) is 13.3. The van der Waals surface area contributed by atoms with Crippen molar-refractivity contribution in [2.24, 2.45) is 29.4 Å². The second-order valence-corrected chi connectivity index (χ2v) is 11.2. The Labute approximate surface area is 241 Å². The molecule has 2 fully saturated rings. The maximum absolute atomic E-state index is 14.0. The number of amides is 1. The van der Waals surface area contributed by atoms with Crippen molar-refractivity contribution in [3.63, 3.8) is 0 Å². The molecule has 0 aromatic heterocycles. The van der Waals surface area contributed by atoms with Gasteiger partial charge in [-0.2, -0.15) is 0 Å². The fourth-order valence-corrected chi connectivity index (χ4v) is 7.11. The highest BCUT2D eigenvalue weighted by atomic mass is 16.5. The molecule has 0 radical (unpaired) electrons. The molecule has 0 saturated heterocycles. The number of rotatable bonds is 6. The standard InChI is InChI=1S/C30H32N2O10/c1-32(2)23-16-9-13-8-15-14(12-10-18(40-3)26(42-5)19(11-12)41-4)6-7-17(33)21(15)24(34)20(13)27(36)30(16,39)28(37)22(25(23)35)29(31)38/h6-7,10-11,13,16,20,22-23,33,39H,8-9H2,1-5H3,(H2,31,38). The van der Waals surface area contributed by atoms with Crippen LogP contribution in [0.15, 0.2) is 24.3 Å². The van der Waals surface area contributed by atoms with Crippen LogP contribution >= 0.6 is 0 Å². The lowest BCUT2D eigenvalue weighted by molar-refractivity contribution is -0.181. The van der Waals surface area contributed by atoms with Crippen LogP contribution < -0.4 is 19.9 Å². The summed E-state index contributed by atoms with van der Waals surface area (Å²) >= 11 is 0. The molecule has 1 amide bonds. The molecule has 12 nitrogen and oxygen atoms in total. The number of aliphatic hydroxyl groups is 1. The SMILES string of the molecule is COc1cc(-c2ccc(O)c3c2CC2CC4C(N(C)C)C(=O)C(C(N)=O)C(=O)C4(O)C(=O)C2C3=O)cc(OC)c1OC. The van der Waals surface area contributed by atoms with Crippen LogP contribution in [-0.4, -0.2) is 91.2 Å². The van der Waals surface area contributed by atoms with Gasteiger partial charge in [-0.05, 0) is 67.7 Å². The number of ether oxygens (including phenoxy) is 3. The van der Waals surface area contributed by atoms with E-state index in [2.05, 4.69) is 0 Å². The van der Waals surface area contributed by atoms with Gasteiger partial charge in [0.05, 0.1) is 38.9 Å². The summed E-state index contributed by atoms with van der Waals surface area (Å²) in [6.45, 7) is 0. The van der Waals surface area contributed by atoms with Gasteiger partial charge in [-0.15, -0.1) is 0 Å². The largest absolute Gasteiger partial charge is 0.507 e. The van der Waals surface area contributed by atoms with Gasteiger partial charge in [0.2, 0.25) is 11.7 Å². The third-order valence-electron chi connectivity index (χ3n) is 8.92. The minimum Gasteiger partial charge on any atom is -0.507 e. The molecule has 6 unspecified atom stereocenters. The number of hydrogen-bond donors (Lipinski definition) is 3. The van der Waals surface area contributed by atoms with Gasteiger partial charge in [0.1, 0.15) is 5.75 Å². The highest BCUT2D eigenvalue weighted by Gasteiger charge is 2.69. The van der Waals surface area contributed by atoms with Crippen LogP contribution in [0.3, 0.4) is 0 Å². The van der Waals surface area contributed by atoms with Gasteiger partial charge in [-0.25, -0.2) is 0 Å². The molecule has 2 aromatic rings. The number of carbonyl (C=O) groups excluding carboxylic acids is 5. The zero-order valence-electron chi connectivity index (χ0n) is 23.8. The molecule has 0 spiro atoms. The van der Waals surface area contributed by atoms with Crippen LogP contribution in [0.2, 0.25) is 0 Å². The molecule has 6 atom stereocenters. The van der Waals surface area contributed by atoms with Gasteiger partial charge in [-0.1, -0.05) is 6.07 Å². The second-order valence-electron chi connectivity index (χ2n) is 11.2. The van der Waals surface area contributed by atoms with Crippen molar-refractivity contribution in [3.05, 3.63) is 35.4 Å². The van der Waals surface area contributed by atoms with Crippen molar-refractivity contribution in [2.45, 2.75) is 24.5 Å². The number of hydrogen-bond acceptors (Lipinski definition) is 11. The average Bonchev–Trinajstić information content (AvgIpc) is 2.93. The molecule has 2 aromatic carbocycles. The van der Waals surface area contributed by atoms with Crippen LogP contribution in [-0.2, 0) is 25.6 Å². The first kappa shape index (κ1) is 29.2. The van der Waals surface area contributed by atoms with Crippen molar-refractivity contribution < 1.29 is 48.4 Å². The van der Waals surface area contributed by atoms with E-state index in [-0.39, 0.29) is 24.2 Å². The van der Waals surface area contributed by atoms with E-state index in [9.17, 15) is 34.2 Å². The molecular weight excluding hydrogens is 548 g/mol. The summed E-state index contributed by atoms with van der Waals surface area (Å²) in [5, 5.41) is 22.5. The first-order valence-electron chi connectivity index (χ1n) is 13.3. The fourth-order valence-electron chi connectivity index (χ4n) is 7.11. The van der Waals surface area contributed by atoms with Crippen molar-refractivity contribution in [1.29, 1.82) is 0 Å². The number of phenolic OH excluding ortho intramolecular Hbond substituents is 1. The van der Waals surface area contributed by atoms with Gasteiger partial charge >= 0.3 is 0 Å². The minimum absolute atomic E-state index is 0.0474. The number of Topliss-reactive ketones (excluding diaryl/α,β-unsaturated/α-hetero) is 4. The molecule has 5 rings (SSSR count). The smallest absolute Gasteiger partial charge is 0.235 e.